The van der Waals surface area contributed by atoms with E-state index in [-0.39, 0.29) is 37.4 Å². The number of nitrogens with zero attached hydrogens (tertiary/aromatic N) is 4. The summed E-state index contributed by atoms with van der Waals surface area (Å²) in [5.74, 6) is -3.61. The van der Waals surface area contributed by atoms with Gasteiger partial charge in [0.25, 0.3) is 5.91 Å². The Kier molecular flexibility index (Phi) is 13.9. The van der Waals surface area contributed by atoms with Crippen LogP contribution in [0, 0.1) is 5.41 Å². The molecule has 1 fully saturated rings. The molecule has 5 atom stereocenters. The molecule has 2 aromatic rings. The first-order valence-electron chi connectivity index (χ1n) is 16.1. The number of pyridine rings is 1. The first-order chi connectivity index (χ1) is 23.2. The van der Waals surface area contributed by atoms with Gasteiger partial charge in [0, 0.05) is 37.5 Å². The lowest BCUT2D eigenvalue weighted by molar-refractivity contribution is -0.145. The molecule has 0 spiro atoms. The molecular formula is C34H44ClN7O7. The van der Waals surface area contributed by atoms with Crippen LogP contribution >= 0.6 is 11.6 Å². The summed E-state index contributed by atoms with van der Waals surface area (Å²) in [4.78, 5) is 93.0. The maximum atomic E-state index is 14.3. The van der Waals surface area contributed by atoms with Crippen molar-refractivity contribution in [2.75, 3.05) is 6.54 Å². The Labute approximate surface area is 290 Å². The zero-order valence-electron chi connectivity index (χ0n) is 28.4. The predicted octanol–water partition coefficient (Wildman–Crippen LogP) is 2.61. The molecule has 0 saturated carbocycles. The summed E-state index contributed by atoms with van der Waals surface area (Å²) in [6.45, 7) is 12.1. The van der Waals surface area contributed by atoms with E-state index in [0.717, 1.165) is 0 Å². The first kappa shape index (κ1) is 38.7. The molecule has 3 N–H and O–H groups in total. The molecule has 14 nitrogen and oxygen atoms in total. The molecule has 264 valence electrons. The van der Waals surface area contributed by atoms with E-state index < -0.39 is 70.9 Å². The van der Waals surface area contributed by atoms with Gasteiger partial charge in [-0.15, -0.1) is 6.58 Å². The normalized spacial score (nSPS) is 17.6. The number of allylic oxidation sites excluding steroid dienone is 1. The average molecular weight is 698 g/mol. The number of likely N-dealkylation sites (tertiary alicyclic amines) is 1. The third-order valence-corrected chi connectivity index (χ3v) is 8.06. The molecule has 2 aromatic heterocycles. The number of ketones is 2. The van der Waals surface area contributed by atoms with E-state index in [0.29, 0.717) is 17.9 Å². The number of Topliss-reactive ketones (excluding diaryl/α,β-unsaturated/α-hetero) is 2. The molecule has 4 amide bonds. The highest BCUT2D eigenvalue weighted by Gasteiger charge is 2.46. The number of hydrogen-bond acceptors (Lipinski definition) is 10. The van der Waals surface area contributed by atoms with Gasteiger partial charge in [0.1, 0.15) is 29.9 Å². The van der Waals surface area contributed by atoms with Gasteiger partial charge >= 0.3 is 0 Å². The molecular weight excluding hydrogens is 654 g/mol. The zero-order valence-corrected chi connectivity index (χ0v) is 29.2. The molecule has 15 heteroatoms. The van der Waals surface area contributed by atoms with Gasteiger partial charge in [-0.25, -0.2) is 9.97 Å². The predicted molar refractivity (Wildman–Crippen MR) is 180 cm³/mol. The Morgan fingerprint density at radius 3 is 2.41 bits per heavy atom. The molecule has 0 radical (unpaired) electrons. The molecule has 1 aliphatic heterocycles. The Bertz CT molecular complexity index is 1510. The summed E-state index contributed by atoms with van der Waals surface area (Å²) in [5.41, 5.74) is -0.836. The Morgan fingerprint density at radius 1 is 1.08 bits per heavy atom. The van der Waals surface area contributed by atoms with E-state index in [1.54, 1.807) is 32.9 Å². The van der Waals surface area contributed by atoms with Crippen LogP contribution in [0.4, 0.5) is 0 Å². The minimum atomic E-state index is -1.15. The SMILES string of the molecule is C=CCCC(=O)C(=O)[C@H](CCC)NC(=O)[C@@H]1C[C@@H](Oc2ccc(Cl)cn2)CN1C(=O)[C@@H](NC(=O)[C@H](C)NC(=O)c1cnccn1)C(C)(C)C. The number of amides is 4. The van der Waals surface area contributed by atoms with Crippen LogP contribution in [0.25, 0.3) is 0 Å². The minimum absolute atomic E-state index is 0.0139. The second kappa shape index (κ2) is 17.6. The maximum absolute atomic E-state index is 14.3. The number of carbonyl (C=O) groups is 6. The van der Waals surface area contributed by atoms with Crippen LogP contribution < -0.4 is 20.7 Å². The molecule has 1 saturated heterocycles. The van der Waals surface area contributed by atoms with Crippen molar-refractivity contribution in [2.24, 2.45) is 5.41 Å². The number of aromatic nitrogens is 3. The second-order valence-corrected chi connectivity index (χ2v) is 13.3. The fourth-order valence-electron chi connectivity index (χ4n) is 5.19. The lowest BCUT2D eigenvalue weighted by Crippen LogP contribution is -2.60. The standard InChI is InChI=1S/C34H44ClN7O7/c1-7-9-11-26(43)28(44)23(10-8-2)40-32(47)25-16-22(49-27-13-12-21(35)17-38-27)19-42(25)33(48)29(34(4,5)6)41-30(45)20(3)39-31(46)24-18-36-14-15-37-24/h7,12-15,17-18,20,22-23,25,29H,1,8-11,16,19H2,2-6H3,(H,39,46)(H,40,47)(H,41,45)/t20-,22+,23-,25-,29+/m0/s1. The van der Waals surface area contributed by atoms with E-state index in [1.165, 1.54) is 42.7 Å². The fourth-order valence-corrected chi connectivity index (χ4v) is 5.30. The monoisotopic (exact) mass is 697 g/mol. The van der Waals surface area contributed by atoms with Crippen LogP contribution in [0.3, 0.4) is 0 Å². The van der Waals surface area contributed by atoms with E-state index in [1.807, 2.05) is 6.92 Å². The quantitative estimate of drug-likeness (QED) is 0.174. The van der Waals surface area contributed by atoms with Crippen molar-refractivity contribution < 1.29 is 33.5 Å². The summed E-state index contributed by atoms with van der Waals surface area (Å²) < 4.78 is 6.02. The summed E-state index contributed by atoms with van der Waals surface area (Å²) in [5, 5.41) is 8.40. The summed E-state index contributed by atoms with van der Waals surface area (Å²) in [7, 11) is 0. The number of hydrogen-bond donors (Lipinski definition) is 3. The van der Waals surface area contributed by atoms with Gasteiger partial charge in [-0.2, -0.15) is 0 Å². The van der Waals surface area contributed by atoms with Crippen molar-refractivity contribution in [1.82, 2.24) is 35.8 Å². The second-order valence-electron chi connectivity index (χ2n) is 12.9. The third-order valence-electron chi connectivity index (χ3n) is 7.83. The van der Waals surface area contributed by atoms with Crippen molar-refractivity contribution in [2.45, 2.75) is 97.0 Å². The zero-order chi connectivity index (χ0) is 36.3. The molecule has 0 aromatic carbocycles. The summed E-state index contributed by atoms with van der Waals surface area (Å²) in [6.07, 6.45) is 7.32. The van der Waals surface area contributed by atoms with E-state index >= 15 is 0 Å². The van der Waals surface area contributed by atoms with Crippen molar-refractivity contribution in [1.29, 1.82) is 0 Å². The summed E-state index contributed by atoms with van der Waals surface area (Å²) >= 11 is 5.96. The largest absolute Gasteiger partial charge is 0.472 e. The Morgan fingerprint density at radius 2 is 1.82 bits per heavy atom. The van der Waals surface area contributed by atoms with E-state index in [2.05, 4.69) is 37.5 Å². The maximum Gasteiger partial charge on any atom is 0.272 e. The first-order valence-corrected chi connectivity index (χ1v) is 16.5. The van der Waals surface area contributed by atoms with Gasteiger partial charge in [-0.1, -0.05) is 51.8 Å². The highest BCUT2D eigenvalue weighted by Crippen LogP contribution is 2.28. The van der Waals surface area contributed by atoms with Crippen LogP contribution in [0.5, 0.6) is 5.88 Å². The van der Waals surface area contributed by atoms with Crippen LogP contribution in [0.1, 0.15) is 77.2 Å². The number of carbonyl (C=O) groups excluding carboxylic acids is 6. The van der Waals surface area contributed by atoms with Crippen molar-refractivity contribution >= 4 is 46.8 Å². The molecule has 3 heterocycles. The van der Waals surface area contributed by atoms with Gasteiger partial charge in [-0.05, 0) is 31.2 Å². The third kappa shape index (κ3) is 10.9. The molecule has 3 rings (SSSR count). The van der Waals surface area contributed by atoms with Gasteiger partial charge in [0.15, 0.2) is 0 Å². The summed E-state index contributed by atoms with van der Waals surface area (Å²) in [6, 6.07) is -1.26. The highest BCUT2D eigenvalue weighted by atomic mass is 35.5. The Balaban J connectivity index is 1.86. The van der Waals surface area contributed by atoms with Crippen LogP contribution in [-0.2, 0) is 24.0 Å². The minimum Gasteiger partial charge on any atom is -0.472 e. The van der Waals surface area contributed by atoms with E-state index in [4.69, 9.17) is 16.3 Å². The number of halogens is 1. The molecule has 0 aliphatic carbocycles. The fraction of sp³-hybridized carbons (Fsp3) is 0.500. The van der Waals surface area contributed by atoms with Crippen LogP contribution in [0.15, 0.2) is 49.6 Å². The lowest BCUT2D eigenvalue weighted by atomic mass is 9.85. The van der Waals surface area contributed by atoms with Gasteiger partial charge in [0.05, 0.1) is 23.8 Å². The molecule has 0 unspecified atom stereocenters. The van der Waals surface area contributed by atoms with Gasteiger partial charge in [0.2, 0.25) is 35.2 Å². The Hall–Kier alpha value is -4.72. The van der Waals surface area contributed by atoms with Crippen molar-refractivity contribution in [3.05, 3.63) is 60.3 Å². The van der Waals surface area contributed by atoms with Gasteiger partial charge < -0.3 is 25.6 Å². The number of rotatable bonds is 16. The van der Waals surface area contributed by atoms with Crippen LogP contribution in [0.2, 0.25) is 5.02 Å². The highest BCUT2D eigenvalue weighted by molar-refractivity contribution is 6.39. The van der Waals surface area contributed by atoms with Crippen molar-refractivity contribution in [3.8, 4) is 5.88 Å². The van der Waals surface area contributed by atoms with E-state index in [9.17, 15) is 28.8 Å². The average Bonchev–Trinajstić information content (AvgIpc) is 3.49. The number of nitrogens with one attached hydrogen (secondary N) is 3. The topological polar surface area (TPSA) is 190 Å². The molecule has 0 bridgehead atoms. The molecule has 49 heavy (non-hydrogen) atoms. The van der Waals surface area contributed by atoms with Crippen molar-refractivity contribution in [3.63, 3.8) is 0 Å². The smallest absolute Gasteiger partial charge is 0.272 e. The lowest BCUT2D eigenvalue weighted by Gasteiger charge is -2.36. The molecule has 1 aliphatic rings. The van der Waals surface area contributed by atoms with Gasteiger partial charge in [-0.3, -0.25) is 33.8 Å². The van der Waals surface area contributed by atoms with Crippen LogP contribution in [-0.4, -0.2) is 91.9 Å². The number of ether oxygens (including phenoxy) is 1.